The minimum atomic E-state index is -0.101. The number of benzene rings is 3. The first kappa shape index (κ1) is 26.9. The van der Waals surface area contributed by atoms with Crippen LogP contribution >= 0.6 is 8.58 Å². The van der Waals surface area contributed by atoms with Crippen LogP contribution in [-0.4, -0.2) is 28.3 Å². The van der Waals surface area contributed by atoms with E-state index in [4.69, 9.17) is 14.2 Å². The molecule has 35 heavy (non-hydrogen) atoms. The van der Waals surface area contributed by atoms with Crippen LogP contribution in [0.25, 0.3) is 0 Å². The molecule has 0 N–H and O–H groups in total. The molecule has 0 radical (unpaired) electrons. The fraction of sp³-hybridized carbons (Fsp3) is 0.400. The maximum absolute atomic E-state index is 6.56. The smallest absolute Gasteiger partial charge is 0.166 e. The summed E-state index contributed by atoms with van der Waals surface area (Å²) in [7, 11) is 8.23. The van der Waals surface area contributed by atoms with Gasteiger partial charge >= 0.3 is 0 Å². The van der Waals surface area contributed by atoms with Crippen molar-refractivity contribution >= 4 is 19.6 Å². The summed E-state index contributed by atoms with van der Waals surface area (Å²) < 4.78 is 18.2. The maximum Gasteiger partial charge on any atom is 0.166 e. The lowest BCUT2D eigenvalue weighted by Gasteiger charge is -2.37. The summed E-state index contributed by atoms with van der Waals surface area (Å²) >= 11 is 0. The van der Waals surface area contributed by atoms with Crippen molar-refractivity contribution in [2.24, 2.45) is 0 Å². The molecule has 0 aromatic heterocycles. The van der Waals surface area contributed by atoms with Gasteiger partial charge in [0.2, 0.25) is 0 Å². The standard InChI is InChI=1S/C30H40NO3P/c1-7-9-19-30(8-2,35-28-18-14-13-17-26(28)31(3)4)25-20-24(32-5)21-27(33-6)29(25)34-22-23-15-11-10-12-16-23/h10-18,20-21,35H,7-9,19,22H2,1-6H3. The molecule has 0 aliphatic carbocycles. The third-order valence-corrected chi connectivity index (χ3v) is 8.59. The third kappa shape index (κ3) is 6.49. The van der Waals surface area contributed by atoms with Crippen molar-refractivity contribution in [1.29, 1.82) is 0 Å². The Morgan fingerprint density at radius 1 is 0.886 bits per heavy atom. The highest BCUT2D eigenvalue weighted by molar-refractivity contribution is 7.49. The minimum absolute atomic E-state index is 0.101. The molecule has 188 valence electrons. The van der Waals surface area contributed by atoms with Crippen LogP contribution in [0.1, 0.15) is 50.7 Å². The maximum atomic E-state index is 6.56. The zero-order chi connectivity index (χ0) is 25.3. The van der Waals surface area contributed by atoms with E-state index in [-0.39, 0.29) is 5.16 Å². The van der Waals surface area contributed by atoms with Crippen LogP contribution in [-0.2, 0) is 11.8 Å². The number of hydrogen-bond acceptors (Lipinski definition) is 4. The van der Waals surface area contributed by atoms with Crippen molar-refractivity contribution in [1.82, 2.24) is 0 Å². The van der Waals surface area contributed by atoms with Gasteiger partial charge in [-0.25, -0.2) is 0 Å². The first-order valence-electron chi connectivity index (χ1n) is 12.5. The zero-order valence-electron chi connectivity index (χ0n) is 22.1. The van der Waals surface area contributed by atoms with Crippen LogP contribution in [0.3, 0.4) is 0 Å². The average Bonchev–Trinajstić information content (AvgIpc) is 2.90. The van der Waals surface area contributed by atoms with Crippen LogP contribution in [0, 0.1) is 0 Å². The van der Waals surface area contributed by atoms with Gasteiger partial charge in [-0.3, -0.25) is 0 Å². The molecule has 0 spiro atoms. The van der Waals surface area contributed by atoms with Crippen molar-refractivity contribution in [2.45, 2.75) is 51.3 Å². The van der Waals surface area contributed by atoms with Gasteiger partial charge in [-0.2, -0.15) is 0 Å². The molecular formula is C30H40NO3P. The summed E-state index contributed by atoms with van der Waals surface area (Å²) in [5.74, 6) is 2.34. The molecule has 4 nitrogen and oxygen atoms in total. The van der Waals surface area contributed by atoms with Crippen molar-refractivity contribution in [3.63, 3.8) is 0 Å². The van der Waals surface area contributed by atoms with Crippen molar-refractivity contribution in [2.75, 3.05) is 33.2 Å². The van der Waals surface area contributed by atoms with Gasteiger partial charge in [-0.1, -0.05) is 83.8 Å². The Bertz CT molecular complexity index is 1070. The second-order valence-electron chi connectivity index (χ2n) is 9.06. The molecule has 0 saturated heterocycles. The number of ether oxygens (including phenoxy) is 3. The monoisotopic (exact) mass is 493 g/mol. The van der Waals surface area contributed by atoms with Crippen LogP contribution in [0.15, 0.2) is 66.7 Å². The predicted octanol–water partition coefficient (Wildman–Crippen LogP) is 7.15. The van der Waals surface area contributed by atoms with Crippen LogP contribution in [0.2, 0.25) is 0 Å². The zero-order valence-corrected chi connectivity index (χ0v) is 23.1. The van der Waals surface area contributed by atoms with E-state index in [1.807, 2.05) is 24.3 Å². The normalized spacial score (nSPS) is 13.0. The number of para-hydroxylation sites is 1. The molecule has 0 amide bonds. The van der Waals surface area contributed by atoms with E-state index < -0.39 is 0 Å². The molecule has 0 heterocycles. The lowest BCUT2D eigenvalue weighted by atomic mass is 9.88. The molecule has 0 saturated carbocycles. The molecule has 3 aromatic rings. The van der Waals surface area contributed by atoms with E-state index in [2.05, 4.69) is 75.3 Å². The summed E-state index contributed by atoms with van der Waals surface area (Å²) in [6.45, 7) is 5.05. The van der Waals surface area contributed by atoms with Gasteiger partial charge in [0.25, 0.3) is 0 Å². The topological polar surface area (TPSA) is 30.9 Å². The molecule has 5 heteroatoms. The van der Waals surface area contributed by atoms with E-state index in [1.165, 1.54) is 16.6 Å². The fourth-order valence-electron chi connectivity index (χ4n) is 4.51. The Kier molecular flexibility index (Phi) is 9.86. The molecule has 3 aromatic carbocycles. The molecule has 3 rings (SSSR count). The average molecular weight is 494 g/mol. The molecule has 2 atom stereocenters. The molecule has 2 unspecified atom stereocenters. The Morgan fingerprint density at radius 3 is 2.23 bits per heavy atom. The quantitative estimate of drug-likeness (QED) is 0.237. The lowest BCUT2D eigenvalue weighted by Crippen LogP contribution is -2.26. The first-order valence-corrected chi connectivity index (χ1v) is 13.5. The summed E-state index contributed by atoms with van der Waals surface area (Å²) in [5, 5.41) is 1.27. The largest absolute Gasteiger partial charge is 0.497 e. The van der Waals surface area contributed by atoms with Crippen LogP contribution in [0.5, 0.6) is 17.2 Å². The number of rotatable bonds is 13. The second-order valence-corrected chi connectivity index (χ2v) is 10.8. The molecule has 0 bridgehead atoms. The molecule has 0 aliphatic heterocycles. The fourth-order valence-corrected chi connectivity index (χ4v) is 6.44. The van der Waals surface area contributed by atoms with E-state index in [0.29, 0.717) is 15.2 Å². The number of hydrogen-bond donors (Lipinski definition) is 0. The Balaban J connectivity index is 2.17. The second kappa shape index (κ2) is 12.8. The Morgan fingerprint density at radius 2 is 1.60 bits per heavy atom. The van der Waals surface area contributed by atoms with E-state index in [1.54, 1.807) is 14.2 Å². The molecule has 0 fully saturated rings. The highest BCUT2D eigenvalue weighted by Gasteiger charge is 2.36. The minimum Gasteiger partial charge on any atom is -0.497 e. The van der Waals surface area contributed by atoms with Gasteiger partial charge < -0.3 is 19.1 Å². The van der Waals surface area contributed by atoms with Gasteiger partial charge in [0.1, 0.15) is 12.4 Å². The van der Waals surface area contributed by atoms with Crippen LogP contribution in [0.4, 0.5) is 5.69 Å². The highest BCUT2D eigenvalue weighted by atomic mass is 31.1. The van der Waals surface area contributed by atoms with E-state index >= 15 is 0 Å². The van der Waals surface area contributed by atoms with E-state index in [9.17, 15) is 0 Å². The van der Waals surface area contributed by atoms with E-state index in [0.717, 1.165) is 48.5 Å². The summed E-state index contributed by atoms with van der Waals surface area (Å²) in [6.07, 6.45) is 4.34. The molecule has 0 aliphatic rings. The predicted molar refractivity (Wildman–Crippen MR) is 151 cm³/mol. The highest BCUT2D eigenvalue weighted by Crippen LogP contribution is 2.55. The Labute approximate surface area is 213 Å². The molecular weight excluding hydrogens is 453 g/mol. The van der Waals surface area contributed by atoms with Gasteiger partial charge in [0, 0.05) is 36.6 Å². The summed E-state index contributed by atoms with van der Waals surface area (Å²) in [5.41, 5.74) is 3.57. The SMILES string of the molecule is CCCCC(CC)(Pc1ccccc1N(C)C)c1cc(OC)cc(OC)c1OCc1ccccc1. The number of methoxy groups -OCH3 is 2. The number of nitrogens with zero attached hydrogens (tertiary/aromatic N) is 1. The van der Waals surface area contributed by atoms with Gasteiger partial charge in [0.15, 0.2) is 11.5 Å². The summed E-state index contributed by atoms with van der Waals surface area (Å²) in [4.78, 5) is 2.21. The van der Waals surface area contributed by atoms with Crippen molar-refractivity contribution in [3.05, 3.63) is 77.9 Å². The first-order chi connectivity index (χ1) is 17.0. The lowest BCUT2D eigenvalue weighted by molar-refractivity contribution is 0.275. The number of anilines is 1. The Hall–Kier alpha value is -2.71. The van der Waals surface area contributed by atoms with Gasteiger partial charge in [-0.15, -0.1) is 0 Å². The van der Waals surface area contributed by atoms with Gasteiger partial charge in [-0.05, 0) is 35.8 Å². The number of unbranched alkanes of at least 4 members (excludes halogenated alkanes) is 1. The van der Waals surface area contributed by atoms with Crippen LogP contribution < -0.4 is 24.4 Å². The van der Waals surface area contributed by atoms with Gasteiger partial charge in [0.05, 0.1) is 14.2 Å². The van der Waals surface area contributed by atoms with Crippen molar-refractivity contribution < 1.29 is 14.2 Å². The third-order valence-electron chi connectivity index (χ3n) is 6.55. The summed E-state index contributed by atoms with van der Waals surface area (Å²) in [6, 6.07) is 23.1. The van der Waals surface area contributed by atoms with Crippen molar-refractivity contribution in [3.8, 4) is 17.2 Å².